The van der Waals surface area contributed by atoms with Crippen LogP contribution in [0.5, 0.6) is 5.75 Å². The lowest BCUT2D eigenvalue weighted by molar-refractivity contribution is -0.127. The number of hydrogen-bond donors (Lipinski definition) is 1. The van der Waals surface area contributed by atoms with Gasteiger partial charge in [-0.1, -0.05) is 38.1 Å². The highest BCUT2D eigenvalue weighted by Crippen LogP contribution is 2.15. The van der Waals surface area contributed by atoms with Gasteiger partial charge in [-0.15, -0.1) is 0 Å². The summed E-state index contributed by atoms with van der Waals surface area (Å²) < 4.78 is 19.0. The van der Waals surface area contributed by atoms with Crippen LogP contribution in [0.3, 0.4) is 0 Å². The van der Waals surface area contributed by atoms with Crippen molar-refractivity contribution in [1.82, 2.24) is 15.1 Å². The molecule has 1 fully saturated rings. The van der Waals surface area contributed by atoms with Gasteiger partial charge in [0, 0.05) is 32.7 Å². The van der Waals surface area contributed by atoms with E-state index in [-0.39, 0.29) is 17.8 Å². The standard InChI is InChI=1S/C25H34FN3O2/c1-19(2)18-31-23-10-6-21(7-11-23)17-27-25(30)24(29-14-12-28(3)13-15-29)16-20-4-8-22(26)9-5-20/h4-11,19,24H,12-18H2,1-3H3,(H,27,30)/t24-/m1/s1. The quantitative estimate of drug-likeness (QED) is 0.667. The summed E-state index contributed by atoms with van der Waals surface area (Å²) >= 11 is 0. The summed E-state index contributed by atoms with van der Waals surface area (Å²) in [7, 11) is 2.10. The Balaban J connectivity index is 1.61. The van der Waals surface area contributed by atoms with Crippen LogP contribution in [0, 0.1) is 11.7 Å². The van der Waals surface area contributed by atoms with Crippen molar-refractivity contribution in [2.24, 2.45) is 5.92 Å². The first-order chi connectivity index (χ1) is 14.9. The van der Waals surface area contributed by atoms with Gasteiger partial charge in [0.05, 0.1) is 12.6 Å². The van der Waals surface area contributed by atoms with Crippen molar-refractivity contribution >= 4 is 5.91 Å². The number of amides is 1. The van der Waals surface area contributed by atoms with Crippen LogP contribution in [0.15, 0.2) is 48.5 Å². The lowest BCUT2D eigenvalue weighted by Crippen LogP contribution is -2.54. The van der Waals surface area contributed by atoms with E-state index in [4.69, 9.17) is 4.74 Å². The van der Waals surface area contributed by atoms with Gasteiger partial charge in [0.2, 0.25) is 5.91 Å². The van der Waals surface area contributed by atoms with E-state index in [1.165, 1.54) is 12.1 Å². The number of benzene rings is 2. The van der Waals surface area contributed by atoms with E-state index in [0.29, 0.717) is 25.5 Å². The molecule has 3 rings (SSSR count). The van der Waals surface area contributed by atoms with Crippen molar-refractivity contribution in [1.29, 1.82) is 0 Å². The van der Waals surface area contributed by atoms with E-state index < -0.39 is 0 Å². The van der Waals surface area contributed by atoms with Gasteiger partial charge in [-0.2, -0.15) is 0 Å². The summed E-state index contributed by atoms with van der Waals surface area (Å²) in [6, 6.07) is 14.0. The Labute approximate surface area is 185 Å². The zero-order valence-electron chi connectivity index (χ0n) is 18.8. The fraction of sp³-hybridized carbons (Fsp3) is 0.480. The molecular formula is C25H34FN3O2. The van der Waals surface area contributed by atoms with Crippen LogP contribution >= 0.6 is 0 Å². The molecule has 0 aromatic heterocycles. The fourth-order valence-electron chi connectivity index (χ4n) is 3.64. The lowest BCUT2D eigenvalue weighted by Gasteiger charge is -2.37. The van der Waals surface area contributed by atoms with Gasteiger partial charge in [0.1, 0.15) is 11.6 Å². The summed E-state index contributed by atoms with van der Waals surface area (Å²) in [4.78, 5) is 17.7. The number of hydrogen-bond acceptors (Lipinski definition) is 4. The summed E-state index contributed by atoms with van der Waals surface area (Å²) in [6.45, 7) is 8.95. The molecule has 0 aliphatic carbocycles. The first-order valence-electron chi connectivity index (χ1n) is 11.1. The van der Waals surface area contributed by atoms with Crippen LogP contribution in [0.1, 0.15) is 25.0 Å². The average Bonchev–Trinajstić information content (AvgIpc) is 2.77. The van der Waals surface area contributed by atoms with E-state index in [0.717, 1.165) is 43.1 Å². The fourth-order valence-corrected chi connectivity index (χ4v) is 3.64. The molecule has 1 heterocycles. The van der Waals surface area contributed by atoms with Crippen LogP contribution < -0.4 is 10.1 Å². The van der Waals surface area contributed by atoms with Crippen LogP contribution in [0.25, 0.3) is 0 Å². The summed E-state index contributed by atoms with van der Waals surface area (Å²) in [5, 5.41) is 3.10. The molecule has 2 aromatic carbocycles. The van der Waals surface area contributed by atoms with Gasteiger partial charge in [0.25, 0.3) is 0 Å². The molecule has 168 valence electrons. The van der Waals surface area contributed by atoms with Crippen molar-refractivity contribution in [3.05, 3.63) is 65.5 Å². The molecule has 1 aliphatic rings. The third kappa shape index (κ3) is 7.33. The second-order valence-corrected chi connectivity index (χ2v) is 8.75. The number of halogens is 1. The number of ether oxygens (including phenoxy) is 1. The van der Waals surface area contributed by atoms with E-state index in [1.807, 2.05) is 24.3 Å². The van der Waals surface area contributed by atoms with Gasteiger partial charge >= 0.3 is 0 Å². The first-order valence-corrected chi connectivity index (χ1v) is 11.1. The molecule has 0 saturated carbocycles. The summed E-state index contributed by atoms with van der Waals surface area (Å²) in [6.07, 6.45) is 0.567. The highest BCUT2D eigenvalue weighted by molar-refractivity contribution is 5.82. The minimum Gasteiger partial charge on any atom is -0.493 e. The van der Waals surface area contributed by atoms with Crippen LogP contribution in [-0.2, 0) is 17.8 Å². The van der Waals surface area contributed by atoms with E-state index in [2.05, 4.69) is 36.0 Å². The molecule has 0 bridgehead atoms. The molecule has 31 heavy (non-hydrogen) atoms. The number of nitrogens with one attached hydrogen (secondary N) is 1. The minimum atomic E-state index is -0.271. The predicted molar refractivity (Wildman–Crippen MR) is 122 cm³/mol. The van der Waals surface area contributed by atoms with E-state index >= 15 is 0 Å². The zero-order valence-corrected chi connectivity index (χ0v) is 18.8. The highest BCUT2D eigenvalue weighted by atomic mass is 19.1. The molecule has 5 nitrogen and oxygen atoms in total. The van der Waals surface area contributed by atoms with E-state index in [9.17, 15) is 9.18 Å². The molecule has 6 heteroatoms. The highest BCUT2D eigenvalue weighted by Gasteiger charge is 2.28. The minimum absolute atomic E-state index is 0.00834. The normalized spacial score (nSPS) is 16.3. The first kappa shape index (κ1) is 23.2. The van der Waals surface area contributed by atoms with Crippen molar-refractivity contribution in [2.75, 3.05) is 39.8 Å². The van der Waals surface area contributed by atoms with Crippen LogP contribution in [0.2, 0.25) is 0 Å². The Hall–Kier alpha value is -2.44. The zero-order chi connectivity index (χ0) is 22.2. The smallest absolute Gasteiger partial charge is 0.237 e. The van der Waals surface area contributed by atoms with Crippen LogP contribution in [0.4, 0.5) is 4.39 Å². The molecule has 1 saturated heterocycles. The molecule has 1 aliphatic heterocycles. The predicted octanol–water partition coefficient (Wildman–Crippen LogP) is 3.34. The second-order valence-electron chi connectivity index (χ2n) is 8.75. The largest absolute Gasteiger partial charge is 0.493 e. The van der Waals surface area contributed by atoms with Gasteiger partial charge in [-0.05, 0) is 54.8 Å². The molecule has 1 atom stereocenters. The molecule has 2 aromatic rings. The van der Waals surface area contributed by atoms with Crippen molar-refractivity contribution in [3.63, 3.8) is 0 Å². The SMILES string of the molecule is CC(C)COc1ccc(CNC(=O)[C@@H](Cc2ccc(F)cc2)N2CCN(C)CC2)cc1. The van der Waals surface area contributed by atoms with Crippen molar-refractivity contribution < 1.29 is 13.9 Å². The third-order valence-electron chi connectivity index (χ3n) is 5.60. The van der Waals surface area contributed by atoms with Crippen molar-refractivity contribution in [3.8, 4) is 5.75 Å². The molecule has 0 spiro atoms. The third-order valence-corrected chi connectivity index (χ3v) is 5.60. The Bertz CT molecular complexity index is 816. The summed E-state index contributed by atoms with van der Waals surface area (Å²) in [5.74, 6) is 1.07. The molecule has 1 N–H and O–H groups in total. The maximum Gasteiger partial charge on any atom is 0.237 e. The number of nitrogens with zero attached hydrogens (tertiary/aromatic N) is 2. The molecule has 0 unspecified atom stereocenters. The number of carbonyl (C=O) groups excluding carboxylic acids is 1. The summed E-state index contributed by atoms with van der Waals surface area (Å²) in [5.41, 5.74) is 2.00. The van der Waals surface area contributed by atoms with Gasteiger partial charge < -0.3 is 15.0 Å². The molecule has 1 amide bonds. The number of piperazine rings is 1. The molecular weight excluding hydrogens is 393 g/mol. The topological polar surface area (TPSA) is 44.8 Å². The lowest BCUT2D eigenvalue weighted by atomic mass is 10.0. The Morgan fingerprint density at radius 3 is 2.23 bits per heavy atom. The van der Waals surface area contributed by atoms with Gasteiger partial charge in [-0.3, -0.25) is 9.69 Å². The van der Waals surface area contributed by atoms with Gasteiger partial charge in [0.15, 0.2) is 0 Å². The van der Waals surface area contributed by atoms with Gasteiger partial charge in [-0.25, -0.2) is 4.39 Å². The van der Waals surface area contributed by atoms with Crippen molar-refractivity contribution in [2.45, 2.75) is 32.9 Å². The average molecular weight is 428 g/mol. The Morgan fingerprint density at radius 2 is 1.61 bits per heavy atom. The Morgan fingerprint density at radius 1 is 1.00 bits per heavy atom. The Kier molecular flexibility index (Phi) is 8.43. The number of carbonyl (C=O) groups is 1. The number of likely N-dealkylation sites (N-methyl/N-ethyl adjacent to an activating group) is 1. The maximum atomic E-state index is 13.3. The molecule has 0 radical (unpaired) electrons. The number of rotatable bonds is 9. The monoisotopic (exact) mass is 427 g/mol. The van der Waals surface area contributed by atoms with Crippen LogP contribution in [-0.4, -0.2) is 61.6 Å². The second kappa shape index (κ2) is 11.3. The maximum absolute atomic E-state index is 13.3. The van der Waals surface area contributed by atoms with E-state index in [1.54, 1.807) is 12.1 Å².